The number of anilines is 1. The van der Waals surface area contributed by atoms with E-state index in [1.807, 2.05) is 30.3 Å². The van der Waals surface area contributed by atoms with Gasteiger partial charge in [-0.25, -0.2) is 0 Å². The van der Waals surface area contributed by atoms with Crippen molar-refractivity contribution in [3.05, 3.63) is 64.2 Å². The fourth-order valence-corrected chi connectivity index (χ4v) is 5.02. The Kier molecular flexibility index (Phi) is 8.23. The summed E-state index contributed by atoms with van der Waals surface area (Å²) in [5, 5.41) is 0.675. The summed E-state index contributed by atoms with van der Waals surface area (Å²) in [5.74, 6) is -0.345. The van der Waals surface area contributed by atoms with E-state index in [-0.39, 0.29) is 36.9 Å². The maximum atomic E-state index is 11.8. The standard InChI is InChI=1S/C24H30ClN3O2.ClH/c25-18-9-10-22-21(12-18)24(17-6-4-5-16(11-17)14-26)30-20(13-23(27)29)15-28(22)19-7-2-1-3-8-19;/h4-6,9-12,19-20,24H,1-3,7-8,13-15,26H2,(H2,27,29);1H. The minimum atomic E-state index is -0.345. The maximum Gasteiger partial charge on any atom is 0.220 e. The van der Waals surface area contributed by atoms with Gasteiger partial charge in [-0.2, -0.15) is 0 Å². The number of rotatable bonds is 5. The highest BCUT2D eigenvalue weighted by molar-refractivity contribution is 6.30. The monoisotopic (exact) mass is 463 g/mol. The van der Waals surface area contributed by atoms with Gasteiger partial charge in [0.2, 0.25) is 5.91 Å². The first kappa shape index (κ1) is 23.9. The molecule has 5 nitrogen and oxygen atoms in total. The van der Waals surface area contributed by atoms with E-state index < -0.39 is 0 Å². The Labute approximate surface area is 195 Å². The summed E-state index contributed by atoms with van der Waals surface area (Å²) in [5.41, 5.74) is 15.7. The fraction of sp³-hybridized carbons (Fsp3) is 0.458. The van der Waals surface area contributed by atoms with Crippen LogP contribution in [0.2, 0.25) is 5.02 Å². The lowest BCUT2D eigenvalue weighted by molar-refractivity contribution is -0.121. The van der Waals surface area contributed by atoms with Gasteiger partial charge in [0.05, 0.1) is 12.5 Å². The third kappa shape index (κ3) is 5.53. The first-order valence-corrected chi connectivity index (χ1v) is 11.2. The van der Waals surface area contributed by atoms with Crippen LogP contribution in [0.25, 0.3) is 0 Å². The molecule has 4 rings (SSSR count). The number of hydrogen-bond donors (Lipinski definition) is 2. The average molecular weight is 464 g/mol. The van der Waals surface area contributed by atoms with Gasteiger partial charge in [0.1, 0.15) is 6.10 Å². The molecule has 0 aromatic heterocycles. The molecule has 2 aliphatic rings. The van der Waals surface area contributed by atoms with Crippen molar-refractivity contribution >= 4 is 35.6 Å². The number of hydrogen-bond acceptors (Lipinski definition) is 4. The van der Waals surface area contributed by atoms with E-state index in [0.29, 0.717) is 24.2 Å². The van der Waals surface area contributed by atoms with Gasteiger partial charge in [-0.05, 0) is 42.2 Å². The Morgan fingerprint density at radius 1 is 1.13 bits per heavy atom. The van der Waals surface area contributed by atoms with Gasteiger partial charge < -0.3 is 21.1 Å². The Morgan fingerprint density at radius 2 is 1.90 bits per heavy atom. The normalized spacial score (nSPS) is 21.7. The third-order valence-electron chi connectivity index (χ3n) is 6.24. The Bertz CT molecular complexity index is 902. The minimum Gasteiger partial charge on any atom is -0.370 e. The predicted molar refractivity (Wildman–Crippen MR) is 128 cm³/mol. The molecule has 1 saturated carbocycles. The number of ether oxygens (including phenoxy) is 1. The third-order valence-corrected chi connectivity index (χ3v) is 6.48. The molecule has 1 heterocycles. The number of amides is 1. The van der Waals surface area contributed by atoms with Gasteiger partial charge in [0.25, 0.3) is 0 Å². The predicted octanol–water partition coefficient (Wildman–Crippen LogP) is 4.72. The molecule has 4 N–H and O–H groups in total. The van der Waals surface area contributed by atoms with Gasteiger partial charge in [-0.1, -0.05) is 55.1 Å². The van der Waals surface area contributed by atoms with Crippen molar-refractivity contribution in [3.63, 3.8) is 0 Å². The zero-order valence-electron chi connectivity index (χ0n) is 17.6. The highest BCUT2D eigenvalue weighted by atomic mass is 35.5. The number of carbonyl (C=O) groups is 1. The molecule has 0 bridgehead atoms. The van der Waals surface area contributed by atoms with Gasteiger partial charge in [0.15, 0.2) is 0 Å². The lowest BCUT2D eigenvalue weighted by Crippen LogP contribution is -2.42. The first-order valence-electron chi connectivity index (χ1n) is 10.8. The molecule has 1 amide bonds. The molecule has 7 heteroatoms. The summed E-state index contributed by atoms with van der Waals surface area (Å²) in [7, 11) is 0. The van der Waals surface area contributed by atoms with Crippen LogP contribution in [0.5, 0.6) is 0 Å². The molecule has 31 heavy (non-hydrogen) atoms. The molecule has 2 unspecified atom stereocenters. The second-order valence-corrected chi connectivity index (χ2v) is 8.84. The lowest BCUT2D eigenvalue weighted by atomic mass is 9.92. The van der Waals surface area contributed by atoms with E-state index in [2.05, 4.69) is 17.0 Å². The largest absolute Gasteiger partial charge is 0.370 e. The number of carbonyl (C=O) groups excluding carboxylic acids is 1. The second kappa shape index (κ2) is 10.7. The van der Waals surface area contributed by atoms with E-state index in [0.717, 1.165) is 35.2 Å². The molecule has 2 aromatic rings. The topological polar surface area (TPSA) is 81.6 Å². The van der Waals surface area contributed by atoms with E-state index in [9.17, 15) is 4.79 Å². The van der Waals surface area contributed by atoms with Crippen molar-refractivity contribution in [2.45, 2.75) is 63.3 Å². The molecule has 2 atom stereocenters. The van der Waals surface area contributed by atoms with Crippen LogP contribution in [0.4, 0.5) is 5.69 Å². The molecule has 2 aromatic carbocycles. The van der Waals surface area contributed by atoms with Gasteiger partial charge in [0, 0.05) is 35.4 Å². The van der Waals surface area contributed by atoms with Crippen LogP contribution in [0.3, 0.4) is 0 Å². The molecule has 1 aliphatic heterocycles. The van der Waals surface area contributed by atoms with Crippen molar-refractivity contribution in [1.82, 2.24) is 0 Å². The van der Waals surface area contributed by atoms with Gasteiger partial charge >= 0.3 is 0 Å². The summed E-state index contributed by atoms with van der Waals surface area (Å²) < 4.78 is 6.57. The summed E-state index contributed by atoms with van der Waals surface area (Å²) in [6.45, 7) is 1.11. The van der Waals surface area contributed by atoms with Crippen LogP contribution >= 0.6 is 24.0 Å². The number of nitrogens with two attached hydrogens (primary N) is 2. The molecule has 0 saturated heterocycles. The van der Waals surface area contributed by atoms with Gasteiger partial charge in [-0.3, -0.25) is 4.79 Å². The second-order valence-electron chi connectivity index (χ2n) is 8.41. The number of halogens is 2. The number of benzene rings is 2. The van der Waals surface area contributed by atoms with E-state index in [1.165, 1.54) is 19.3 Å². The van der Waals surface area contributed by atoms with Crippen LogP contribution in [0.1, 0.15) is 61.3 Å². The molecule has 0 radical (unpaired) electrons. The van der Waals surface area contributed by atoms with Crippen molar-refractivity contribution in [1.29, 1.82) is 0 Å². The van der Waals surface area contributed by atoms with E-state index >= 15 is 0 Å². The lowest BCUT2D eigenvalue weighted by Gasteiger charge is -2.37. The molecule has 0 spiro atoms. The van der Waals surface area contributed by atoms with Gasteiger partial charge in [-0.15, -0.1) is 12.4 Å². The Hall–Kier alpha value is -1.79. The maximum absolute atomic E-state index is 11.8. The quantitative estimate of drug-likeness (QED) is 0.671. The van der Waals surface area contributed by atoms with Crippen LogP contribution < -0.4 is 16.4 Å². The Morgan fingerprint density at radius 3 is 2.61 bits per heavy atom. The smallest absolute Gasteiger partial charge is 0.220 e. The molecule has 1 fully saturated rings. The van der Waals surface area contributed by atoms with Crippen LogP contribution in [0.15, 0.2) is 42.5 Å². The van der Waals surface area contributed by atoms with Crippen molar-refractivity contribution < 1.29 is 9.53 Å². The average Bonchev–Trinajstić information content (AvgIpc) is 2.91. The zero-order chi connectivity index (χ0) is 21.1. The fourth-order valence-electron chi connectivity index (χ4n) is 4.84. The molecular weight excluding hydrogens is 433 g/mol. The summed E-state index contributed by atoms with van der Waals surface area (Å²) in [4.78, 5) is 14.3. The summed E-state index contributed by atoms with van der Waals surface area (Å²) >= 11 is 6.43. The minimum absolute atomic E-state index is 0. The van der Waals surface area contributed by atoms with Crippen molar-refractivity contribution in [3.8, 4) is 0 Å². The zero-order valence-corrected chi connectivity index (χ0v) is 19.2. The van der Waals surface area contributed by atoms with Crippen molar-refractivity contribution in [2.24, 2.45) is 11.5 Å². The molecule has 1 aliphatic carbocycles. The number of nitrogens with zero attached hydrogens (tertiary/aromatic N) is 1. The van der Waals surface area contributed by atoms with Crippen LogP contribution in [-0.2, 0) is 16.1 Å². The summed E-state index contributed by atoms with van der Waals surface area (Å²) in [6.07, 6.45) is 5.62. The highest BCUT2D eigenvalue weighted by Gasteiger charge is 2.34. The highest BCUT2D eigenvalue weighted by Crippen LogP contribution is 2.41. The van der Waals surface area contributed by atoms with E-state index in [1.54, 1.807) is 0 Å². The SMILES string of the molecule is Cl.NCc1cccc(C2OC(CC(N)=O)CN(C3CCCCC3)c3ccc(Cl)cc32)c1. The number of primary amides is 1. The Balaban J connectivity index is 0.00000272. The van der Waals surface area contributed by atoms with Crippen LogP contribution in [-0.4, -0.2) is 24.6 Å². The van der Waals surface area contributed by atoms with E-state index in [4.69, 9.17) is 27.8 Å². The first-order chi connectivity index (χ1) is 14.5. The molecule has 168 valence electrons. The molecular formula is C24H31Cl2N3O2. The summed E-state index contributed by atoms with van der Waals surface area (Å²) in [6, 6.07) is 14.6. The van der Waals surface area contributed by atoms with Crippen molar-refractivity contribution in [2.75, 3.05) is 11.4 Å². The number of fused-ring (bicyclic) bond motifs is 1. The van der Waals surface area contributed by atoms with Crippen LogP contribution in [0, 0.1) is 0 Å².